The van der Waals surface area contributed by atoms with Crippen molar-refractivity contribution in [2.45, 2.75) is 91.5 Å². The van der Waals surface area contributed by atoms with Gasteiger partial charge in [-0.25, -0.2) is 0 Å². The van der Waals surface area contributed by atoms with E-state index in [0.717, 1.165) is 18.3 Å². The number of hydrogen-bond acceptors (Lipinski definition) is 5. The van der Waals surface area contributed by atoms with Gasteiger partial charge in [0.25, 0.3) is 5.91 Å². The first kappa shape index (κ1) is 25.7. The monoisotopic (exact) mass is 433 g/mol. The summed E-state index contributed by atoms with van der Waals surface area (Å²) in [5, 5.41) is 0. The second-order valence-electron chi connectivity index (χ2n) is 9.60. The van der Waals surface area contributed by atoms with Crippen molar-refractivity contribution >= 4 is 18.5 Å². The van der Waals surface area contributed by atoms with Crippen LogP contribution in [0.25, 0.3) is 0 Å². The molecule has 174 valence electrons. The third kappa shape index (κ3) is 5.82. The van der Waals surface area contributed by atoms with Crippen molar-refractivity contribution in [1.29, 1.82) is 0 Å². The molecule has 1 atom stereocenters. The van der Waals surface area contributed by atoms with Gasteiger partial charge in [0.1, 0.15) is 5.75 Å². The molecule has 1 heterocycles. The van der Waals surface area contributed by atoms with Gasteiger partial charge in [-0.3, -0.25) is 4.79 Å². The van der Waals surface area contributed by atoms with Gasteiger partial charge in [-0.2, -0.15) is 0 Å². The van der Waals surface area contributed by atoms with Gasteiger partial charge in [0.15, 0.2) is 0 Å². The first-order valence-corrected chi connectivity index (χ1v) is 11.4. The molecule has 0 unspecified atom stereocenters. The molecule has 0 radical (unpaired) electrons. The molecule has 1 aromatic carbocycles. The Bertz CT molecular complexity index is 733. The summed E-state index contributed by atoms with van der Waals surface area (Å²) in [6.07, 6.45) is 1.65. The third-order valence-corrected chi connectivity index (χ3v) is 6.37. The van der Waals surface area contributed by atoms with Crippen molar-refractivity contribution in [3.63, 3.8) is 0 Å². The molecule has 0 saturated carbocycles. The minimum atomic E-state index is -0.553. The zero-order chi connectivity index (χ0) is 23.4. The highest BCUT2D eigenvalue weighted by Crippen LogP contribution is 2.37. The lowest BCUT2D eigenvalue weighted by Gasteiger charge is -2.32. The number of carbonyl (C=O) groups is 1. The number of rotatable bonds is 10. The lowest BCUT2D eigenvalue weighted by Crippen LogP contribution is -2.43. The van der Waals surface area contributed by atoms with Crippen LogP contribution in [0.15, 0.2) is 18.2 Å². The van der Waals surface area contributed by atoms with E-state index in [4.69, 9.17) is 18.8 Å². The van der Waals surface area contributed by atoms with Gasteiger partial charge in [0.2, 0.25) is 0 Å². The predicted octanol–water partition coefficient (Wildman–Crippen LogP) is 4.05. The van der Waals surface area contributed by atoms with Crippen LogP contribution in [-0.4, -0.2) is 61.5 Å². The molecule has 0 spiro atoms. The molecule has 1 saturated heterocycles. The third-order valence-electron chi connectivity index (χ3n) is 6.37. The highest BCUT2D eigenvalue weighted by Gasteiger charge is 2.52. The molecule has 0 bridgehead atoms. The molecule has 31 heavy (non-hydrogen) atoms. The van der Waals surface area contributed by atoms with Crippen LogP contribution < -0.4 is 10.2 Å². The van der Waals surface area contributed by atoms with Crippen LogP contribution in [0.4, 0.5) is 0 Å². The average Bonchev–Trinajstić information content (AvgIpc) is 2.91. The van der Waals surface area contributed by atoms with E-state index >= 15 is 0 Å². The summed E-state index contributed by atoms with van der Waals surface area (Å²) in [4.78, 5) is 15.3. The normalized spacial score (nSPS) is 18.3. The summed E-state index contributed by atoms with van der Waals surface area (Å²) in [6.45, 7) is 17.5. The second kappa shape index (κ2) is 10.4. The van der Waals surface area contributed by atoms with E-state index in [1.807, 2.05) is 64.6 Å². The number of amides is 1. The fraction of sp³-hybridized carbons (Fsp3) is 0.708. The summed E-state index contributed by atoms with van der Waals surface area (Å²) in [6, 6.07) is 5.84. The molecule has 0 aromatic heterocycles. The van der Waals surface area contributed by atoms with Crippen LogP contribution in [-0.2, 0) is 14.0 Å². The summed E-state index contributed by atoms with van der Waals surface area (Å²) in [5.41, 5.74) is 0.498. The minimum absolute atomic E-state index is 0.00607. The van der Waals surface area contributed by atoms with E-state index in [9.17, 15) is 4.79 Å². The van der Waals surface area contributed by atoms with Crippen LogP contribution in [0.3, 0.4) is 0 Å². The molecule has 0 N–H and O–H groups in total. The highest BCUT2D eigenvalue weighted by atomic mass is 16.7. The van der Waals surface area contributed by atoms with Gasteiger partial charge in [-0.05, 0) is 67.0 Å². The first-order chi connectivity index (χ1) is 14.4. The van der Waals surface area contributed by atoms with Crippen LogP contribution in [0.2, 0.25) is 0 Å². The first-order valence-electron chi connectivity index (χ1n) is 11.4. The Labute approximate surface area is 188 Å². The Morgan fingerprint density at radius 1 is 1.10 bits per heavy atom. The fourth-order valence-electron chi connectivity index (χ4n) is 3.63. The van der Waals surface area contributed by atoms with E-state index in [0.29, 0.717) is 24.5 Å². The predicted molar refractivity (Wildman–Crippen MR) is 125 cm³/mol. The van der Waals surface area contributed by atoms with Crippen molar-refractivity contribution in [2.24, 2.45) is 0 Å². The Kier molecular flexibility index (Phi) is 8.59. The molecule has 1 aliphatic rings. The van der Waals surface area contributed by atoms with Crippen LogP contribution >= 0.6 is 0 Å². The van der Waals surface area contributed by atoms with E-state index in [1.165, 1.54) is 0 Å². The Morgan fingerprint density at radius 2 is 1.71 bits per heavy atom. The number of methoxy groups -OCH3 is 1. The summed E-state index contributed by atoms with van der Waals surface area (Å²) < 4.78 is 23.7. The number of benzene rings is 1. The van der Waals surface area contributed by atoms with Crippen molar-refractivity contribution in [3.05, 3.63) is 23.8 Å². The number of carbonyl (C=O) groups excluding carboxylic acids is 1. The van der Waals surface area contributed by atoms with Crippen molar-refractivity contribution in [1.82, 2.24) is 4.90 Å². The number of hydrogen-bond donors (Lipinski definition) is 0. The van der Waals surface area contributed by atoms with Gasteiger partial charge >= 0.3 is 7.12 Å². The largest absolute Gasteiger partial charge is 0.498 e. The standard InChI is InChI=1S/C24H40BNO5/c1-10-18(4)26(17(2)3)22(27)19-12-13-20(21(16-19)29-15-11-14-28-9)25-30-23(5,6)24(7,8)31-25/h12-13,16-18H,10-11,14-15H2,1-9H3/t18-/m1/s1. The number of nitrogens with zero attached hydrogens (tertiary/aromatic N) is 1. The van der Waals surface area contributed by atoms with Gasteiger partial charge in [-0.1, -0.05) is 13.0 Å². The van der Waals surface area contributed by atoms with E-state index in [-0.39, 0.29) is 18.0 Å². The SMILES string of the molecule is CC[C@@H](C)N(C(=O)c1ccc(B2OC(C)(C)C(C)(C)O2)c(OCCCOC)c1)C(C)C. The Morgan fingerprint density at radius 3 is 2.23 bits per heavy atom. The second-order valence-corrected chi connectivity index (χ2v) is 9.60. The summed E-state index contributed by atoms with van der Waals surface area (Å²) >= 11 is 0. The van der Waals surface area contributed by atoms with Crippen LogP contribution in [0.5, 0.6) is 5.75 Å². The topological polar surface area (TPSA) is 57.2 Å². The summed E-state index contributed by atoms with van der Waals surface area (Å²) in [7, 11) is 1.12. The zero-order valence-corrected chi connectivity index (χ0v) is 20.8. The lowest BCUT2D eigenvalue weighted by molar-refractivity contribution is 0.00578. The molecule has 1 amide bonds. The minimum Gasteiger partial charge on any atom is -0.494 e. The van der Waals surface area contributed by atoms with Gasteiger partial charge in [0.05, 0.1) is 17.8 Å². The van der Waals surface area contributed by atoms with E-state index in [2.05, 4.69) is 13.8 Å². The lowest BCUT2D eigenvalue weighted by atomic mass is 9.78. The smallest absolute Gasteiger partial charge is 0.494 e. The molecule has 7 heteroatoms. The average molecular weight is 433 g/mol. The van der Waals surface area contributed by atoms with Crippen LogP contribution in [0, 0.1) is 0 Å². The van der Waals surface area contributed by atoms with Crippen LogP contribution in [0.1, 0.15) is 78.6 Å². The Hall–Kier alpha value is -1.57. The van der Waals surface area contributed by atoms with Gasteiger partial charge in [0, 0.05) is 43.2 Å². The summed E-state index contributed by atoms with van der Waals surface area (Å²) in [5.74, 6) is 0.625. The maximum absolute atomic E-state index is 13.3. The maximum Gasteiger partial charge on any atom is 0.498 e. The maximum atomic E-state index is 13.3. The van der Waals surface area contributed by atoms with Crippen molar-refractivity contribution < 1.29 is 23.6 Å². The molecular weight excluding hydrogens is 393 g/mol. The molecule has 0 aliphatic carbocycles. The van der Waals surface area contributed by atoms with Crippen molar-refractivity contribution in [2.75, 3.05) is 20.3 Å². The molecule has 2 rings (SSSR count). The molecule has 1 fully saturated rings. The zero-order valence-electron chi connectivity index (χ0n) is 20.8. The molecule has 1 aliphatic heterocycles. The van der Waals surface area contributed by atoms with Gasteiger partial charge in [-0.15, -0.1) is 0 Å². The van der Waals surface area contributed by atoms with E-state index in [1.54, 1.807) is 7.11 Å². The van der Waals surface area contributed by atoms with Gasteiger partial charge < -0.3 is 23.7 Å². The molecular formula is C24H40BNO5. The fourth-order valence-corrected chi connectivity index (χ4v) is 3.63. The Balaban J connectivity index is 2.38. The quantitative estimate of drug-likeness (QED) is 0.412. The molecule has 1 aromatic rings. The number of ether oxygens (including phenoxy) is 2. The molecule has 6 nitrogen and oxygen atoms in total. The van der Waals surface area contributed by atoms with Crippen molar-refractivity contribution in [3.8, 4) is 5.75 Å². The van der Waals surface area contributed by atoms with E-state index < -0.39 is 18.3 Å². The highest BCUT2D eigenvalue weighted by molar-refractivity contribution is 6.63.